The zero-order valence-corrected chi connectivity index (χ0v) is 14.1. The first-order valence-corrected chi connectivity index (χ1v) is 0.775. The second-order valence-corrected chi connectivity index (χ2v) is 0.346. The molecule has 3 nitrogen and oxygen atoms in total. The molecule has 0 aliphatic carbocycles. The third-order valence-corrected chi connectivity index (χ3v) is 0. The van der Waals surface area contributed by atoms with Crippen LogP contribution in [0.3, 0.4) is 0 Å². The average Bonchev–Trinajstić information content (AvgIpc) is 0.811. The molecule has 0 bridgehead atoms. The SMILES string of the molecule is OB(O)O.[I-].[I-].[IH2+].[K+]. The molecule has 0 aromatic carbocycles. The van der Waals surface area contributed by atoms with Gasteiger partial charge in [-0.05, 0) is 0 Å². The molecule has 0 radical (unpaired) electrons. The molecule has 0 amide bonds. The Morgan fingerprint density at radius 2 is 0.875 bits per heavy atom. The molecule has 0 aliphatic heterocycles. The second kappa shape index (κ2) is 22.4. The summed E-state index contributed by atoms with van der Waals surface area (Å²) in [4.78, 5) is 0. The van der Waals surface area contributed by atoms with Crippen LogP contribution in [0, 0.1) is 0 Å². The van der Waals surface area contributed by atoms with E-state index in [9.17, 15) is 0 Å². The van der Waals surface area contributed by atoms with Gasteiger partial charge in [0.1, 0.15) is 0 Å². The van der Waals surface area contributed by atoms with Crippen LogP contribution in [0.5, 0.6) is 0 Å². The summed E-state index contributed by atoms with van der Waals surface area (Å²) in [5.74, 6) is 0. The Balaban J connectivity index is -0.00000000750. The molecular weight excluding hydrogens is 479 g/mol. The van der Waals surface area contributed by atoms with Gasteiger partial charge in [-0.3, -0.25) is 0 Å². The van der Waals surface area contributed by atoms with Crippen molar-refractivity contribution in [1.29, 1.82) is 0 Å². The molecule has 0 saturated heterocycles. The molecule has 0 aliphatic rings. The molecule has 0 aromatic rings. The molecular formula is H5BI3KO3. The van der Waals surface area contributed by atoms with Gasteiger partial charge in [0, 0.05) is 0 Å². The van der Waals surface area contributed by atoms with E-state index in [1.54, 1.807) is 0 Å². The minimum Gasteiger partial charge on any atom is -1.00 e. The van der Waals surface area contributed by atoms with Crippen LogP contribution < -0.4 is 123 Å². The van der Waals surface area contributed by atoms with E-state index >= 15 is 0 Å². The van der Waals surface area contributed by atoms with Crippen LogP contribution in [0.1, 0.15) is 0 Å². The van der Waals surface area contributed by atoms with E-state index in [1.165, 1.54) is 0 Å². The monoisotopic (exact) mass is 484 g/mol. The fraction of sp³-hybridized carbons (Fsp3) is 0. The van der Waals surface area contributed by atoms with Crippen LogP contribution in [0.2, 0.25) is 0 Å². The fourth-order valence-electron chi connectivity index (χ4n) is 0. The standard InChI is InChI=1S/BH3O3.H2I.2HI.K/c2-1(3)4;;;;/h2-4H;1H2;2*1H;/q;+1;;;+1/p-2. The first kappa shape index (κ1) is 29.8. The maximum absolute atomic E-state index is 7.17. The molecule has 0 aromatic heterocycles. The Morgan fingerprint density at radius 1 is 0.875 bits per heavy atom. The molecule has 0 atom stereocenters. The van der Waals surface area contributed by atoms with Gasteiger partial charge < -0.3 is 63.0 Å². The van der Waals surface area contributed by atoms with Crippen LogP contribution >= 0.6 is 0 Å². The molecule has 0 saturated carbocycles. The third kappa shape index (κ3) is 52.9. The van der Waals surface area contributed by atoms with Crippen molar-refractivity contribution in [3.8, 4) is 0 Å². The van der Waals surface area contributed by atoms with E-state index in [0.717, 1.165) is 0 Å². The Kier molecular flexibility index (Phi) is 83.5. The van der Waals surface area contributed by atoms with Gasteiger partial charge in [-0.1, -0.05) is 0 Å². The largest absolute Gasteiger partial charge is 1.00 e. The second-order valence-electron chi connectivity index (χ2n) is 0.346. The van der Waals surface area contributed by atoms with E-state index in [2.05, 4.69) is 0 Å². The van der Waals surface area contributed by atoms with Gasteiger partial charge in [0.25, 0.3) is 0 Å². The summed E-state index contributed by atoms with van der Waals surface area (Å²) in [7, 11) is -2.17. The molecule has 3 N–H and O–H groups in total. The van der Waals surface area contributed by atoms with E-state index in [1.807, 2.05) is 0 Å². The zero-order valence-electron chi connectivity index (χ0n) is 4.12. The predicted octanol–water partition coefficient (Wildman–Crippen LogP) is -14.6. The summed E-state index contributed by atoms with van der Waals surface area (Å²) in [6.07, 6.45) is 0. The van der Waals surface area contributed by atoms with E-state index < -0.39 is 7.32 Å². The minimum absolute atomic E-state index is 0. The van der Waals surface area contributed by atoms with Crippen molar-refractivity contribution in [2.75, 3.05) is 0 Å². The van der Waals surface area contributed by atoms with Crippen molar-refractivity contribution in [2.45, 2.75) is 0 Å². The molecule has 8 heavy (non-hydrogen) atoms. The molecule has 8 heteroatoms. The molecule has 48 valence electrons. The minimum atomic E-state index is -2.17. The van der Waals surface area contributed by atoms with Gasteiger partial charge >= 0.3 is 58.7 Å². The number of hydrogen-bond donors (Lipinski definition) is 3. The predicted molar refractivity (Wildman–Crippen MR) is 15.2 cm³/mol. The Hall–Kier alpha value is 3.77. The van der Waals surface area contributed by atoms with Gasteiger partial charge in [-0.15, -0.1) is 0 Å². The van der Waals surface area contributed by atoms with E-state index in [4.69, 9.17) is 15.1 Å². The summed E-state index contributed by atoms with van der Waals surface area (Å²) in [6, 6.07) is 0. The molecule has 0 heterocycles. The van der Waals surface area contributed by atoms with Crippen molar-refractivity contribution in [3.63, 3.8) is 0 Å². The van der Waals surface area contributed by atoms with Gasteiger partial charge in [-0.2, -0.15) is 0 Å². The van der Waals surface area contributed by atoms with Crippen molar-refractivity contribution in [2.24, 2.45) is 0 Å². The van der Waals surface area contributed by atoms with Crippen molar-refractivity contribution < 1.29 is 138 Å². The fourth-order valence-corrected chi connectivity index (χ4v) is 0. The van der Waals surface area contributed by atoms with E-state index in [0.29, 0.717) is 0 Å². The van der Waals surface area contributed by atoms with Gasteiger partial charge in [-0.25, -0.2) is 0 Å². The van der Waals surface area contributed by atoms with E-state index in [-0.39, 0.29) is 123 Å². The van der Waals surface area contributed by atoms with Crippen molar-refractivity contribution in [3.05, 3.63) is 0 Å². The smallest absolute Gasteiger partial charge is 1.00 e. The van der Waals surface area contributed by atoms with Crippen LogP contribution in [0.15, 0.2) is 0 Å². The van der Waals surface area contributed by atoms with Crippen molar-refractivity contribution in [1.82, 2.24) is 0 Å². The topological polar surface area (TPSA) is 60.7 Å². The van der Waals surface area contributed by atoms with Crippen LogP contribution in [-0.2, 0) is 0 Å². The first-order chi connectivity index (χ1) is 1.73. The normalized spacial score (nSPS) is 3.38. The maximum atomic E-state index is 7.17. The Bertz CT molecular complexity index is 19.2. The van der Waals surface area contributed by atoms with Crippen LogP contribution in [0.25, 0.3) is 0 Å². The summed E-state index contributed by atoms with van der Waals surface area (Å²) in [6.45, 7) is 0. The number of hydrogen-bond acceptors (Lipinski definition) is 3. The number of halogens is 3. The first-order valence-electron chi connectivity index (χ1n) is 0.775. The summed E-state index contributed by atoms with van der Waals surface area (Å²) in [5.41, 5.74) is 0. The Morgan fingerprint density at radius 3 is 0.875 bits per heavy atom. The van der Waals surface area contributed by atoms with Crippen LogP contribution in [0.4, 0.5) is 0 Å². The molecule has 0 unspecified atom stereocenters. The summed E-state index contributed by atoms with van der Waals surface area (Å²) in [5, 5.41) is 21.5. The molecule has 0 spiro atoms. The van der Waals surface area contributed by atoms with Crippen molar-refractivity contribution >= 4 is 7.32 Å². The van der Waals surface area contributed by atoms with Gasteiger partial charge in [0.15, 0.2) is 0 Å². The maximum Gasteiger partial charge on any atom is 1.00 e. The summed E-state index contributed by atoms with van der Waals surface area (Å²) >= 11 is 0. The Labute approximate surface area is 142 Å². The average molecular weight is 484 g/mol. The zero-order chi connectivity index (χ0) is 3.58. The van der Waals surface area contributed by atoms with Gasteiger partial charge in [0.05, 0.1) is 0 Å². The third-order valence-electron chi connectivity index (χ3n) is 0. The van der Waals surface area contributed by atoms with Crippen LogP contribution in [-0.4, -0.2) is 22.4 Å². The molecule has 0 rings (SSSR count). The van der Waals surface area contributed by atoms with Gasteiger partial charge in [0.2, 0.25) is 24.0 Å². The number of rotatable bonds is 0. The molecule has 0 fully saturated rings. The summed E-state index contributed by atoms with van der Waals surface area (Å²) < 4.78 is 0. The quantitative estimate of drug-likeness (QED) is 0.237.